The second kappa shape index (κ2) is 4.97. The van der Waals surface area contributed by atoms with Gasteiger partial charge in [0.05, 0.1) is 13.2 Å². The van der Waals surface area contributed by atoms with Gasteiger partial charge in [-0.05, 0) is 18.4 Å². The molecule has 0 spiro atoms. The van der Waals surface area contributed by atoms with Crippen molar-refractivity contribution in [1.82, 2.24) is 4.90 Å². The molecule has 1 rings (SSSR count). The quantitative estimate of drug-likeness (QED) is 0.665. The summed E-state index contributed by atoms with van der Waals surface area (Å²) in [4.78, 5) is 2.51. The minimum absolute atomic E-state index is 0.512. The number of nitrogens with zero attached hydrogens (tertiary/aromatic N) is 1. The molecular formula is C11H23NO. The van der Waals surface area contributed by atoms with Crippen molar-refractivity contribution >= 4 is 0 Å². The lowest BCUT2D eigenvalue weighted by Gasteiger charge is -2.30. The second-order valence-corrected chi connectivity index (χ2v) is 4.72. The Bertz CT molecular complexity index is 139. The van der Waals surface area contributed by atoms with Crippen molar-refractivity contribution < 1.29 is 4.74 Å². The first-order valence-electron chi connectivity index (χ1n) is 5.44. The number of hydrogen-bond donors (Lipinski definition) is 0. The molecule has 1 aliphatic rings. The lowest BCUT2D eigenvalue weighted by atomic mass is 9.86. The first-order valence-corrected chi connectivity index (χ1v) is 5.44. The van der Waals surface area contributed by atoms with Crippen LogP contribution in [0.25, 0.3) is 0 Å². The molecule has 0 aromatic rings. The van der Waals surface area contributed by atoms with Crippen LogP contribution in [0.5, 0.6) is 0 Å². The van der Waals surface area contributed by atoms with Crippen LogP contribution in [0.4, 0.5) is 0 Å². The summed E-state index contributed by atoms with van der Waals surface area (Å²) >= 11 is 0. The van der Waals surface area contributed by atoms with Gasteiger partial charge in [0.1, 0.15) is 0 Å². The Morgan fingerprint density at radius 2 is 1.85 bits per heavy atom. The van der Waals surface area contributed by atoms with E-state index < -0.39 is 0 Å². The normalized spacial score (nSPS) is 20.5. The minimum Gasteiger partial charge on any atom is -0.379 e. The highest BCUT2D eigenvalue weighted by Crippen LogP contribution is 2.24. The summed E-state index contributed by atoms with van der Waals surface area (Å²) in [5, 5.41) is 0. The molecule has 1 heterocycles. The second-order valence-electron chi connectivity index (χ2n) is 4.72. The van der Waals surface area contributed by atoms with Crippen LogP contribution in [0.3, 0.4) is 0 Å². The average molecular weight is 185 g/mol. The van der Waals surface area contributed by atoms with Gasteiger partial charge in [-0.2, -0.15) is 0 Å². The fraction of sp³-hybridized carbons (Fsp3) is 1.00. The predicted molar refractivity (Wildman–Crippen MR) is 55.9 cm³/mol. The van der Waals surface area contributed by atoms with Gasteiger partial charge in [0.25, 0.3) is 0 Å². The molecule has 0 aromatic carbocycles. The third-order valence-electron chi connectivity index (χ3n) is 3.17. The van der Waals surface area contributed by atoms with Crippen molar-refractivity contribution in [2.24, 2.45) is 5.41 Å². The Kier molecular flexibility index (Phi) is 4.20. The molecular weight excluding hydrogens is 162 g/mol. The zero-order valence-corrected chi connectivity index (χ0v) is 9.31. The summed E-state index contributed by atoms with van der Waals surface area (Å²) in [5.41, 5.74) is 0.512. The van der Waals surface area contributed by atoms with E-state index in [9.17, 15) is 0 Å². The van der Waals surface area contributed by atoms with Crippen LogP contribution >= 0.6 is 0 Å². The van der Waals surface area contributed by atoms with Gasteiger partial charge in [-0.3, -0.25) is 4.90 Å². The average Bonchev–Trinajstić information content (AvgIpc) is 2.17. The lowest BCUT2D eigenvalue weighted by molar-refractivity contribution is 0.0325. The number of hydrogen-bond acceptors (Lipinski definition) is 2. The van der Waals surface area contributed by atoms with Crippen molar-refractivity contribution in [3.63, 3.8) is 0 Å². The summed E-state index contributed by atoms with van der Waals surface area (Å²) in [6.45, 7) is 12.3. The van der Waals surface area contributed by atoms with Crippen LogP contribution in [0.2, 0.25) is 0 Å². The van der Waals surface area contributed by atoms with Gasteiger partial charge in [0.2, 0.25) is 0 Å². The molecule has 1 saturated heterocycles. The van der Waals surface area contributed by atoms with Gasteiger partial charge in [-0.1, -0.05) is 27.2 Å². The topological polar surface area (TPSA) is 12.5 Å². The highest BCUT2D eigenvalue weighted by atomic mass is 16.5. The zero-order valence-electron chi connectivity index (χ0n) is 9.31. The third kappa shape index (κ3) is 4.10. The molecule has 0 N–H and O–H groups in total. The molecule has 1 aliphatic heterocycles. The molecule has 0 amide bonds. The maximum absolute atomic E-state index is 5.32. The van der Waals surface area contributed by atoms with Gasteiger partial charge in [0, 0.05) is 13.1 Å². The van der Waals surface area contributed by atoms with Crippen LogP contribution in [0.1, 0.15) is 33.6 Å². The smallest absolute Gasteiger partial charge is 0.0594 e. The first kappa shape index (κ1) is 11.0. The van der Waals surface area contributed by atoms with E-state index in [-0.39, 0.29) is 0 Å². The zero-order chi connectivity index (χ0) is 9.73. The number of morpholine rings is 1. The summed E-state index contributed by atoms with van der Waals surface area (Å²) < 4.78 is 5.32. The maximum Gasteiger partial charge on any atom is 0.0594 e. The molecule has 0 unspecified atom stereocenters. The molecule has 0 saturated carbocycles. The Morgan fingerprint density at radius 3 is 2.38 bits per heavy atom. The van der Waals surface area contributed by atoms with Crippen molar-refractivity contribution in [1.29, 1.82) is 0 Å². The molecule has 2 heteroatoms. The van der Waals surface area contributed by atoms with Crippen molar-refractivity contribution in [3.05, 3.63) is 0 Å². The van der Waals surface area contributed by atoms with Gasteiger partial charge in [-0.15, -0.1) is 0 Å². The van der Waals surface area contributed by atoms with E-state index in [0.717, 1.165) is 26.3 Å². The lowest BCUT2D eigenvalue weighted by Crippen LogP contribution is -2.38. The minimum atomic E-state index is 0.512. The molecule has 0 bridgehead atoms. The number of ether oxygens (including phenoxy) is 1. The van der Waals surface area contributed by atoms with Gasteiger partial charge in [-0.25, -0.2) is 0 Å². The van der Waals surface area contributed by atoms with E-state index >= 15 is 0 Å². The molecule has 0 atom stereocenters. The van der Waals surface area contributed by atoms with E-state index in [4.69, 9.17) is 4.74 Å². The van der Waals surface area contributed by atoms with E-state index in [0.29, 0.717) is 5.41 Å². The molecule has 0 radical (unpaired) electrons. The number of rotatable bonds is 4. The Hall–Kier alpha value is -0.0800. The highest BCUT2D eigenvalue weighted by molar-refractivity contribution is 4.70. The van der Waals surface area contributed by atoms with Crippen molar-refractivity contribution in [2.45, 2.75) is 33.6 Å². The van der Waals surface area contributed by atoms with Crippen LogP contribution in [-0.4, -0.2) is 37.7 Å². The Balaban J connectivity index is 2.17. The molecule has 1 fully saturated rings. The van der Waals surface area contributed by atoms with E-state index in [1.165, 1.54) is 19.4 Å². The summed E-state index contributed by atoms with van der Waals surface area (Å²) in [6, 6.07) is 0. The van der Waals surface area contributed by atoms with E-state index in [2.05, 4.69) is 25.7 Å². The first-order chi connectivity index (χ1) is 6.14. The molecule has 13 heavy (non-hydrogen) atoms. The standard InChI is InChI=1S/C11H23NO/c1-4-11(2,3)5-6-12-7-9-13-10-8-12/h4-10H2,1-3H3. The van der Waals surface area contributed by atoms with Crippen molar-refractivity contribution in [2.75, 3.05) is 32.8 Å². The fourth-order valence-corrected chi connectivity index (χ4v) is 1.46. The summed E-state index contributed by atoms with van der Waals surface area (Å²) in [5.74, 6) is 0. The summed E-state index contributed by atoms with van der Waals surface area (Å²) in [7, 11) is 0. The maximum atomic E-state index is 5.32. The van der Waals surface area contributed by atoms with E-state index in [1.54, 1.807) is 0 Å². The van der Waals surface area contributed by atoms with Gasteiger partial charge >= 0.3 is 0 Å². The molecule has 2 nitrogen and oxygen atoms in total. The van der Waals surface area contributed by atoms with Crippen LogP contribution in [0, 0.1) is 5.41 Å². The van der Waals surface area contributed by atoms with Crippen molar-refractivity contribution in [3.8, 4) is 0 Å². The Labute approximate surface area is 82.3 Å². The van der Waals surface area contributed by atoms with E-state index in [1.807, 2.05) is 0 Å². The predicted octanol–water partition coefficient (Wildman–Crippen LogP) is 2.14. The van der Waals surface area contributed by atoms with Gasteiger partial charge in [0.15, 0.2) is 0 Å². The molecule has 0 aromatic heterocycles. The third-order valence-corrected chi connectivity index (χ3v) is 3.17. The SMILES string of the molecule is CCC(C)(C)CCN1CCOCC1. The van der Waals surface area contributed by atoms with Crippen LogP contribution in [-0.2, 0) is 4.74 Å². The molecule has 78 valence electrons. The summed E-state index contributed by atoms with van der Waals surface area (Å²) in [6.07, 6.45) is 2.58. The monoisotopic (exact) mass is 185 g/mol. The fourth-order valence-electron chi connectivity index (χ4n) is 1.46. The van der Waals surface area contributed by atoms with Crippen LogP contribution in [0.15, 0.2) is 0 Å². The highest BCUT2D eigenvalue weighted by Gasteiger charge is 2.17. The van der Waals surface area contributed by atoms with Crippen LogP contribution < -0.4 is 0 Å². The largest absolute Gasteiger partial charge is 0.379 e. The molecule has 0 aliphatic carbocycles. The van der Waals surface area contributed by atoms with Gasteiger partial charge < -0.3 is 4.74 Å². The Morgan fingerprint density at radius 1 is 1.23 bits per heavy atom.